The number of nitrogens with one attached hydrogen (secondary N) is 3. The standard InChI is InChI=1S/C21H28N4O3.HI/c1-4-23-21(25-14-16-8-9-19(28-3)18(26)13-16)24-11-10-15-6-5-7-17(12-15)20(27)22-2;/h5-9,12-13,26H,4,10-11,14H2,1-3H3,(H,22,27)(H2,23,24,25);1H. The summed E-state index contributed by atoms with van der Waals surface area (Å²) >= 11 is 0. The van der Waals surface area contributed by atoms with Crippen LogP contribution < -0.4 is 20.7 Å². The van der Waals surface area contributed by atoms with Gasteiger partial charge in [-0.05, 0) is 48.7 Å². The number of halogens is 1. The Kier molecular flexibility index (Phi) is 10.9. The maximum absolute atomic E-state index is 11.7. The van der Waals surface area contributed by atoms with E-state index in [-0.39, 0.29) is 35.6 Å². The molecular weight excluding hydrogens is 483 g/mol. The smallest absolute Gasteiger partial charge is 0.251 e. The van der Waals surface area contributed by atoms with Gasteiger partial charge >= 0.3 is 0 Å². The topological polar surface area (TPSA) is 95.0 Å². The molecule has 0 aliphatic heterocycles. The van der Waals surface area contributed by atoms with Crippen molar-refractivity contribution in [3.63, 3.8) is 0 Å². The molecule has 7 nitrogen and oxygen atoms in total. The first kappa shape index (κ1) is 24.5. The van der Waals surface area contributed by atoms with Gasteiger partial charge in [0.1, 0.15) is 0 Å². The molecule has 2 aromatic carbocycles. The van der Waals surface area contributed by atoms with Gasteiger partial charge in [0.15, 0.2) is 17.5 Å². The fourth-order valence-corrected chi connectivity index (χ4v) is 2.68. The quantitative estimate of drug-likeness (QED) is 0.248. The molecule has 0 unspecified atom stereocenters. The molecule has 0 saturated carbocycles. The van der Waals surface area contributed by atoms with Crippen molar-refractivity contribution < 1.29 is 14.6 Å². The molecule has 0 bridgehead atoms. The van der Waals surface area contributed by atoms with Gasteiger partial charge in [0.05, 0.1) is 13.7 Å². The van der Waals surface area contributed by atoms with Crippen molar-refractivity contribution in [2.45, 2.75) is 19.9 Å². The Hall–Kier alpha value is -2.49. The van der Waals surface area contributed by atoms with E-state index in [1.54, 1.807) is 25.2 Å². The normalized spacial score (nSPS) is 10.7. The molecule has 158 valence electrons. The second-order valence-electron chi connectivity index (χ2n) is 6.16. The first-order chi connectivity index (χ1) is 13.6. The van der Waals surface area contributed by atoms with Crippen molar-refractivity contribution in [1.29, 1.82) is 0 Å². The third-order valence-electron chi connectivity index (χ3n) is 4.13. The summed E-state index contributed by atoms with van der Waals surface area (Å²) in [6.45, 7) is 3.85. The Balaban J connectivity index is 0.00000420. The number of phenolic OH excluding ortho intramolecular Hbond substituents is 1. The van der Waals surface area contributed by atoms with E-state index in [2.05, 4.69) is 20.9 Å². The molecule has 2 rings (SSSR count). The van der Waals surface area contributed by atoms with E-state index in [1.807, 2.05) is 31.2 Å². The highest BCUT2D eigenvalue weighted by atomic mass is 127. The van der Waals surface area contributed by atoms with Crippen LogP contribution in [0.2, 0.25) is 0 Å². The number of amides is 1. The molecule has 0 atom stereocenters. The van der Waals surface area contributed by atoms with E-state index in [4.69, 9.17) is 4.74 Å². The molecule has 1 amide bonds. The van der Waals surface area contributed by atoms with Crippen LogP contribution in [0.15, 0.2) is 47.5 Å². The Labute approximate surface area is 189 Å². The van der Waals surface area contributed by atoms with Gasteiger partial charge in [-0.3, -0.25) is 4.79 Å². The van der Waals surface area contributed by atoms with Crippen LogP contribution >= 0.6 is 24.0 Å². The summed E-state index contributed by atoms with van der Waals surface area (Å²) in [5.74, 6) is 1.15. The van der Waals surface area contributed by atoms with Gasteiger partial charge in [0.25, 0.3) is 5.91 Å². The number of carbonyl (C=O) groups excluding carboxylic acids is 1. The third kappa shape index (κ3) is 7.80. The van der Waals surface area contributed by atoms with E-state index in [0.29, 0.717) is 30.4 Å². The predicted octanol–water partition coefficient (Wildman–Crippen LogP) is 2.68. The van der Waals surface area contributed by atoms with Crippen molar-refractivity contribution in [2.75, 3.05) is 27.2 Å². The number of aromatic hydroxyl groups is 1. The number of nitrogens with zero attached hydrogens (tertiary/aromatic N) is 1. The van der Waals surface area contributed by atoms with Crippen molar-refractivity contribution >= 4 is 35.8 Å². The molecule has 0 heterocycles. The summed E-state index contributed by atoms with van der Waals surface area (Å²) in [5, 5.41) is 19.0. The molecule has 2 aromatic rings. The SMILES string of the molecule is CCNC(=NCc1ccc(OC)c(O)c1)NCCc1cccc(C(=O)NC)c1.I. The number of phenols is 1. The minimum absolute atomic E-state index is 0. The van der Waals surface area contributed by atoms with Gasteiger partial charge < -0.3 is 25.8 Å². The fraction of sp³-hybridized carbons (Fsp3) is 0.333. The molecule has 8 heteroatoms. The summed E-state index contributed by atoms with van der Waals surface area (Å²) in [6, 6.07) is 12.8. The molecule has 29 heavy (non-hydrogen) atoms. The summed E-state index contributed by atoms with van der Waals surface area (Å²) < 4.78 is 5.05. The number of rotatable bonds is 8. The number of guanidine groups is 1. The molecule has 0 spiro atoms. The van der Waals surface area contributed by atoms with Crippen LogP contribution in [-0.2, 0) is 13.0 Å². The average molecular weight is 512 g/mol. The second-order valence-corrected chi connectivity index (χ2v) is 6.16. The summed E-state index contributed by atoms with van der Waals surface area (Å²) in [7, 11) is 3.14. The number of methoxy groups -OCH3 is 1. The average Bonchev–Trinajstić information content (AvgIpc) is 2.71. The van der Waals surface area contributed by atoms with Crippen LogP contribution in [0.4, 0.5) is 0 Å². The zero-order valence-electron chi connectivity index (χ0n) is 17.0. The lowest BCUT2D eigenvalue weighted by molar-refractivity contribution is 0.0963. The molecule has 0 aliphatic carbocycles. The van der Waals surface area contributed by atoms with Gasteiger partial charge in [-0.15, -0.1) is 24.0 Å². The number of aliphatic imine (C=N–C) groups is 1. The van der Waals surface area contributed by atoms with Gasteiger partial charge in [0.2, 0.25) is 0 Å². The van der Waals surface area contributed by atoms with Gasteiger partial charge in [-0.2, -0.15) is 0 Å². The van der Waals surface area contributed by atoms with Gasteiger partial charge in [-0.1, -0.05) is 18.2 Å². The van der Waals surface area contributed by atoms with Crippen molar-refractivity contribution in [3.8, 4) is 11.5 Å². The lowest BCUT2D eigenvalue weighted by atomic mass is 10.1. The number of ether oxygens (including phenoxy) is 1. The van der Waals surface area contributed by atoms with Crippen LogP contribution in [-0.4, -0.2) is 44.2 Å². The minimum Gasteiger partial charge on any atom is -0.504 e. The third-order valence-corrected chi connectivity index (χ3v) is 4.13. The maximum Gasteiger partial charge on any atom is 0.251 e. The molecule has 0 aliphatic rings. The Morgan fingerprint density at radius 2 is 1.93 bits per heavy atom. The monoisotopic (exact) mass is 512 g/mol. The number of hydrogen-bond donors (Lipinski definition) is 4. The summed E-state index contributed by atoms with van der Waals surface area (Å²) in [4.78, 5) is 16.3. The zero-order valence-corrected chi connectivity index (χ0v) is 19.3. The van der Waals surface area contributed by atoms with Crippen LogP contribution in [0.3, 0.4) is 0 Å². The van der Waals surface area contributed by atoms with Gasteiger partial charge in [-0.25, -0.2) is 4.99 Å². The van der Waals surface area contributed by atoms with E-state index >= 15 is 0 Å². The maximum atomic E-state index is 11.7. The highest BCUT2D eigenvalue weighted by Crippen LogP contribution is 2.26. The minimum atomic E-state index is -0.0903. The Morgan fingerprint density at radius 1 is 1.14 bits per heavy atom. The first-order valence-corrected chi connectivity index (χ1v) is 9.26. The predicted molar refractivity (Wildman–Crippen MR) is 126 cm³/mol. The molecule has 0 aromatic heterocycles. The van der Waals surface area contributed by atoms with E-state index in [9.17, 15) is 9.90 Å². The molecular formula is C21H29IN4O3. The molecule has 4 N–H and O–H groups in total. The summed E-state index contributed by atoms with van der Waals surface area (Å²) in [5.41, 5.74) is 2.61. The molecule has 0 radical (unpaired) electrons. The fourth-order valence-electron chi connectivity index (χ4n) is 2.68. The van der Waals surface area contributed by atoms with Gasteiger partial charge in [0, 0.05) is 25.7 Å². The van der Waals surface area contributed by atoms with Crippen LogP contribution in [0.5, 0.6) is 11.5 Å². The highest BCUT2D eigenvalue weighted by molar-refractivity contribution is 14.0. The van der Waals surface area contributed by atoms with Crippen molar-refractivity contribution in [3.05, 3.63) is 59.2 Å². The second kappa shape index (κ2) is 12.9. The van der Waals surface area contributed by atoms with E-state index < -0.39 is 0 Å². The van der Waals surface area contributed by atoms with E-state index in [1.165, 1.54) is 7.11 Å². The van der Waals surface area contributed by atoms with Crippen LogP contribution in [0.1, 0.15) is 28.4 Å². The van der Waals surface area contributed by atoms with E-state index in [0.717, 1.165) is 24.1 Å². The molecule has 0 saturated heterocycles. The first-order valence-electron chi connectivity index (χ1n) is 9.26. The Morgan fingerprint density at radius 3 is 2.59 bits per heavy atom. The number of hydrogen-bond acceptors (Lipinski definition) is 4. The molecule has 0 fully saturated rings. The highest BCUT2D eigenvalue weighted by Gasteiger charge is 2.05. The largest absolute Gasteiger partial charge is 0.504 e. The van der Waals surface area contributed by atoms with Crippen molar-refractivity contribution in [2.24, 2.45) is 4.99 Å². The summed E-state index contributed by atoms with van der Waals surface area (Å²) in [6.07, 6.45) is 0.762. The van der Waals surface area contributed by atoms with Crippen LogP contribution in [0.25, 0.3) is 0 Å². The zero-order chi connectivity index (χ0) is 20.4. The number of benzene rings is 2. The lowest BCUT2D eigenvalue weighted by Gasteiger charge is -2.12. The Bertz CT molecular complexity index is 827. The lowest BCUT2D eigenvalue weighted by Crippen LogP contribution is -2.38. The number of carbonyl (C=O) groups is 1. The van der Waals surface area contributed by atoms with Crippen molar-refractivity contribution in [1.82, 2.24) is 16.0 Å². The van der Waals surface area contributed by atoms with Crippen LogP contribution in [0, 0.1) is 0 Å².